The summed E-state index contributed by atoms with van der Waals surface area (Å²) in [5.74, 6) is -0.782. The van der Waals surface area contributed by atoms with E-state index >= 15 is 0 Å². The van der Waals surface area contributed by atoms with E-state index in [9.17, 15) is 14.4 Å². The first-order valence-corrected chi connectivity index (χ1v) is 7.70. The second-order valence-corrected chi connectivity index (χ2v) is 5.81. The van der Waals surface area contributed by atoms with Gasteiger partial charge in [0, 0.05) is 24.1 Å². The number of aromatic nitrogens is 1. The summed E-state index contributed by atoms with van der Waals surface area (Å²) in [6, 6.07) is -0.602. The summed E-state index contributed by atoms with van der Waals surface area (Å²) in [6.07, 6.45) is 3.30. The lowest BCUT2D eigenvalue weighted by atomic mass is 10.2. The zero-order valence-corrected chi connectivity index (χ0v) is 12.2. The van der Waals surface area contributed by atoms with Crippen LogP contribution in [0.25, 0.3) is 0 Å². The van der Waals surface area contributed by atoms with Crippen molar-refractivity contribution in [3.63, 3.8) is 0 Å². The van der Waals surface area contributed by atoms with Gasteiger partial charge in [0.15, 0.2) is 5.13 Å². The van der Waals surface area contributed by atoms with Crippen molar-refractivity contribution >= 4 is 34.4 Å². The van der Waals surface area contributed by atoms with Crippen molar-refractivity contribution in [1.82, 2.24) is 10.3 Å². The SMILES string of the molecule is O=C(O)CCCCC(=O)NC(=O)Nc1nc(C2CC2)cs1. The van der Waals surface area contributed by atoms with Gasteiger partial charge in [0.2, 0.25) is 5.91 Å². The molecule has 0 aliphatic heterocycles. The van der Waals surface area contributed by atoms with Crippen LogP contribution in [0.5, 0.6) is 0 Å². The Balaban J connectivity index is 1.65. The van der Waals surface area contributed by atoms with Gasteiger partial charge in [-0.05, 0) is 25.7 Å². The summed E-state index contributed by atoms with van der Waals surface area (Å²) in [5.41, 5.74) is 0.996. The smallest absolute Gasteiger partial charge is 0.327 e. The van der Waals surface area contributed by atoms with Gasteiger partial charge in [0.05, 0.1) is 5.69 Å². The molecule has 1 saturated carbocycles. The summed E-state index contributed by atoms with van der Waals surface area (Å²) >= 11 is 1.34. The minimum absolute atomic E-state index is 0.0303. The maximum atomic E-state index is 11.6. The van der Waals surface area contributed by atoms with Crippen LogP contribution in [0.4, 0.5) is 9.93 Å². The molecule has 7 nitrogen and oxygen atoms in total. The van der Waals surface area contributed by atoms with Crippen LogP contribution in [-0.4, -0.2) is 28.0 Å². The van der Waals surface area contributed by atoms with Gasteiger partial charge in [0.25, 0.3) is 0 Å². The second-order valence-electron chi connectivity index (χ2n) is 4.95. The number of hydrogen-bond donors (Lipinski definition) is 3. The van der Waals surface area contributed by atoms with Gasteiger partial charge >= 0.3 is 12.0 Å². The van der Waals surface area contributed by atoms with Gasteiger partial charge in [0.1, 0.15) is 0 Å². The molecule has 1 aromatic rings. The Hall–Kier alpha value is -1.96. The predicted octanol–water partition coefficient (Wildman–Crippen LogP) is 2.31. The van der Waals surface area contributed by atoms with Gasteiger partial charge in [-0.15, -0.1) is 11.3 Å². The molecule has 0 aromatic carbocycles. The van der Waals surface area contributed by atoms with Crippen LogP contribution < -0.4 is 10.6 Å². The Morgan fingerprint density at radius 3 is 2.67 bits per heavy atom. The molecular weight excluding hydrogens is 294 g/mol. The van der Waals surface area contributed by atoms with E-state index < -0.39 is 17.9 Å². The molecule has 2 rings (SSSR count). The molecule has 0 radical (unpaired) electrons. The van der Waals surface area contributed by atoms with E-state index in [-0.39, 0.29) is 12.8 Å². The molecule has 1 aromatic heterocycles. The first kappa shape index (κ1) is 15.4. The van der Waals surface area contributed by atoms with Crippen molar-refractivity contribution in [2.45, 2.75) is 44.4 Å². The largest absolute Gasteiger partial charge is 0.481 e. The molecule has 3 N–H and O–H groups in total. The highest BCUT2D eigenvalue weighted by Gasteiger charge is 2.26. The molecule has 0 unspecified atom stereocenters. The van der Waals surface area contributed by atoms with E-state index in [1.807, 2.05) is 5.38 Å². The number of carboxylic acid groups (broad SMARTS) is 1. The van der Waals surface area contributed by atoms with Crippen molar-refractivity contribution in [2.75, 3.05) is 5.32 Å². The van der Waals surface area contributed by atoms with Gasteiger partial charge in [-0.2, -0.15) is 0 Å². The first-order valence-electron chi connectivity index (χ1n) is 6.82. The van der Waals surface area contributed by atoms with E-state index in [4.69, 9.17) is 5.11 Å². The highest BCUT2D eigenvalue weighted by molar-refractivity contribution is 7.13. The standard InChI is InChI=1S/C13H17N3O4S/c17-10(3-1-2-4-11(18)19)15-12(20)16-13-14-9(7-21-13)8-5-6-8/h7-8H,1-6H2,(H,18,19)(H2,14,15,16,17,20). The number of carbonyl (C=O) groups excluding carboxylic acids is 2. The third-order valence-electron chi connectivity index (χ3n) is 3.04. The summed E-state index contributed by atoms with van der Waals surface area (Å²) in [7, 11) is 0. The maximum absolute atomic E-state index is 11.6. The summed E-state index contributed by atoms with van der Waals surface area (Å²) in [4.78, 5) is 37.7. The van der Waals surface area contributed by atoms with Crippen LogP contribution in [0.15, 0.2) is 5.38 Å². The molecule has 21 heavy (non-hydrogen) atoms. The molecule has 8 heteroatoms. The highest BCUT2D eigenvalue weighted by atomic mass is 32.1. The van der Waals surface area contributed by atoms with E-state index in [0.29, 0.717) is 23.9 Å². The minimum atomic E-state index is -0.886. The number of thiazole rings is 1. The lowest BCUT2D eigenvalue weighted by Gasteiger charge is -2.03. The Labute approximate surface area is 125 Å². The normalized spacial score (nSPS) is 13.7. The Morgan fingerprint density at radius 1 is 1.29 bits per heavy atom. The van der Waals surface area contributed by atoms with Gasteiger partial charge < -0.3 is 5.11 Å². The number of aliphatic carboxylic acids is 1. The van der Waals surface area contributed by atoms with E-state index in [0.717, 1.165) is 18.5 Å². The number of unbranched alkanes of at least 4 members (excludes halogenated alkanes) is 1. The Kier molecular flexibility index (Phi) is 5.26. The third kappa shape index (κ3) is 5.50. The molecule has 0 saturated heterocycles. The summed E-state index contributed by atoms with van der Waals surface area (Å²) in [6.45, 7) is 0. The van der Waals surface area contributed by atoms with Crippen LogP contribution in [0, 0.1) is 0 Å². The second kappa shape index (κ2) is 7.16. The number of carboxylic acids is 1. The zero-order valence-electron chi connectivity index (χ0n) is 11.4. The number of carbonyl (C=O) groups is 3. The molecule has 1 fully saturated rings. The molecule has 1 aliphatic rings. The average molecular weight is 311 g/mol. The molecule has 0 bridgehead atoms. The number of urea groups is 1. The van der Waals surface area contributed by atoms with Crippen molar-refractivity contribution < 1.29 is 19.5 Å². The fourth-order valence-electron chi connectivity index (χ4n) is 1.79. The van der Waals surface area contributed by atoms with Gasteiger partial charge in [-0.25, -0.2) is 9.78 Å². The van der Waals surface area contributed by atoms with Crippen molar-refractivity contribution in [3.05, 3.63) is 11.1 Å². The van der Waals surface area contributed by atoms with Crippen LogP contribution in [0.1, 0.15) is 50.1 Å². The predicted molar refractivity (Wildman–Crippen MR) is 77.4 cm³/mol. The van der Waals surface area contributed by atoms with Crippen molar-refractivity contribution in [3.8, 4) is 0 Å². The van der Waals surface area contributed by atoms with Gasteiger partial charge in [-0.3, -0.25) is 20.2 Å². The summed E-state index contributed by atoms with van der Waals surface area (Å²) < 4.78 is 0. The Morgan fingerprint density at radius 2 is 2.00 bits per heavy atom. The van der Waals surface area contributed by atoms with E-state index in [1.54, 1.807) is 0 Å². The quantitative estimate of drug-likeness (QED) is 0.670. The van der Waals surface area contributed by atoms with E-state index in [1.165, 1.54) is 11.3 Å². The number of anilines is 1. The number of imide groups is 1. The number of nitrogens with one attached hydrogen (secondary N) is 2. The number of amides is 3. The number of nitrogens with zero attached hydrogens (tertiary/aromatic N) is 1. The lowest BCUT2D eigenvalue weighted by Crippen LogP contribution is -2.34. The monoisotopic (exact) mass is 311 g/mol. The van der Waals surface area contributed by atoms with Crippen LogP contribution in [0.3, 0.4) is 0 Å². The van der Waals surface area contributed by atoms with Crippen LogP contribution in [0.2, 0.25) is 0 Å². The van der Waals surface area contributed by atoms with Crippen LogP contribution in [-0.2, 0) is 9.59 Å². The molecule has 1 aliphatic carbocycles. The number of rotatable bonds is 7. The third-order valence-corrected chi connectivity index (χ3v) is 3.81. The molecular formula is C13H17N3O4S. The van der Waals surface area contributed by atoms with Gasteiger partial charge in [-0.1, -0.05) is 0 Å². The molecule has 0 atom stereocenters. The highest BCUT2D eigenvalue weighted by Crippen LogP contribution is 2.40. The van der Waals surface area contributed by atoms with Crippen LogP contribution >= 0.6 is 11.3 Å². The first-order chi connectivity index (χ1) is 10.0. The molecule has 114 valence electrons. The lowest BCUT2D eigenvalue weighted by molar-refractivity contribution is -0.137. The van der Waals surface area contributed by atoms with Crippen molar-refractivity contribution in [1.29, 1.82) is 0 Å². The fourth-order valence-corrected chi connectivity index (χ4v) is 2.58. The topological polar surface area (TPSA) is 108 Å². The Bertz CT molecular complexity index is 539. The molecule has 1 heterocycles. The molecule has 0 spiro atoms. The summed E-state index contributed by atoms with van der Waals surface area (Å²) in [5, 5.41) is 15.6. The fraction of sp³-hybridized carbons (Fsp3) is 0.538. The average Bonchev–Trinajstić information content (AvgIpc) is 3.16. The minimum Gasteiger partial charge on any atom is -0.481 e. The number of hydrogen-bond acceptors (Lipinski definition) is 5. The zero-order chi connectivity index (χ0) is 15.2. The van der Waals surface area contributed by atoms with Crippen molar-refractivity contribution in [2.24, 2.45) is 0 Å². The maximum Gasteiger partial charge on any atom is 0.327 e. The van der Waals surface area contributed by atoms with E-state index in [2.05, 4.69) is 15.6 Å². The molecule has 3 amide bonds.